The van der Waals surface area contributed by atoms with Crippen molar-refractivity contribution in [1.29, 1.82) is 0 Å². The molecule has 1 aliphatic heterocycles. The van der Waals surface area contributed by atoms with Crippen molar-refractivity contribution < 1.29 is 33.0 Å². The quantitative estimate of drug-likeness (QED) is 0.236. The molecule has 1 aromatic heterocycles. The van der Waals surface area contributed by atoms with Gasteiger partial charge in [0, 0.05) is 29.1 Å². The molecule has 1 saturated heterocycles. The van der Waals surface area contributed by atoms with Crippen molar-refractivity contribution in [1.82, 2.24) is 15.2 Å². The van der Waals surface area contributed by atoms with Gasteiger partial charge >= 0.3 is 12.1 Å². The largest absolute Gasteiger partial charge is 0.461 e. The molecule has 3 aliphatic rings. The number of esters is 1. The maximum atomic E-state index is 14.2. The van der Waals surface area contributed by atoms with Crippen LogP contribution < -0.4 is 10.6 Å². The smallest absolute Gasteiger partial charge is 0.407 e. The van der Waals surface area contributed by atoms with E-state index in [2.05, 4.69) is 15.6 Å². The number of anilines is 1. The number of rotatable bonds is 9. The van der Waals surface area contributed by atoms with Crippen LogP contribution in [-0.2, 0) is 19.1 Å². The number of nitrogens with zero attached hydrogens (tertiary/aromatic N) is 1. The second kappa shape index (κ2) is 15.5. The van der Waals surface area contributed by atoms with E-state index in [9.17, 15) is 23.6 Å². The Labute approximate surface area is 287 Å². The Morgan fingerprint density at radius 2 is 1.75 bits per heavy atom. The first-order valence-electron chi connectivity index (χ1n) is 17.5. The van der Waals surface area contributed by atoms with Gasteiger partial charge in [-0.05, 0) is 95.8 Å². The van der Waals surface area contributed by atoms with Gasteiger partial charge in [-0.2, -0.15) is 0 Å². The number of hydrogen-bond donors (Lipinski definition) is 3. The Morgan fingerprint density at radius 3 is 2.40 bits per heavy atom. The number of alkyl carbamates (subject to hydrolysis) is 1. The van der Waals surface area contributed by atoms with Crippen molar-refractivity contribution in [3.8, 4) is 0 Å². The molecule has 2 heterocycles. The molecule has 1 aromatic carbocycles. The van der Waals surface area contributed by atoms with E-state index in [4.69, 9.17) is 21.1 Å². The van der Waals surface area contributed by atoms with Crippen LogP contribution in [0.4, 0.5) is 14.9 Å². The first-order chi connectivity index (χ1) is 22.9. The third-order valence-electron chi connectivity index (χ3n) is 10.3. The zero-order valence-corrected chi connectivity index (χ0v) is 29.3. The predicted octanol–water partition coefficient (Wildman–Crippen LogP) is 7.40. The molecule has 2 aromatic rings. The van der Waals surface area contributed by atoms with Gasteiger partial charge in [-0.3, -0.25) is 9.59 Å². The molecule has 12 heteroatoms. The maximum absolute atomic E-state index is 14.2. The number of alkyl halides is 1. The summed E-state index contributed by atoms with van der Waals surface area (Å²) >= 11 is 6.54. The standard InChI is InChI=1S/C36H50ClFN4O6/c1-5-47-34(45)30-29(37)26-19-24(15-16-27(26)40-30)39-32(43)31-25(21-9-7-6-8-10-21)17-18-42(31)33(44)23-13-11-22(12-14-23)28(20-38)41-35(46)48-36(2,3)4/h15-16,19,21-23,25,28,31,40H,5-14,17-18,20H2,1-4H3,(H,39,43)(H,41,46)/t22?,23?,25-,28?,31-/m0/s1. The fourth-order valence-electron chi connectivity index (χ4n) is 8.00. The first-order valence-corrected chi connectivity index (χ1v) is 17.9. The Morgan fingerprint density at radius 1 is 1.04 bits per heavy atom. The van der Waals surface area contributed by atoms with E-state index in [1.165, 1.54) is 6.42 Å². The average Bonchev–Trinajstić information content (AvgIpc) is 3.65. The van der Waals surface area contributed by atoms with E-state index in [1.54, 1.807) is 50.8 Å². The number of fused-ring (bicyclic) bond motifs is 1. The van der Waals surface area contributed by atoms with E-state index >= 15 is 0 Å². The molecule has 2 aliphatic carbocycles. The molecule has 3 amide bonds. The van der Waals surface area contributed by atoms with Gasteiger partial charge in [0.1, 0.15) is 24.0 Å². The normalized spacial score (nSPS) is 24.2. The number of carbonyl (C=O) groups excluding carboxylic acids is 4. The molecular weight excluding hydrogens is 639 g/mol. The fraction of sp³-hybridized carbons (Fsp3) is 0.667. The summed E-state index contributed by atoms with van der Waals surface area (Å²) in [6, 6.07) is 3.98. The number of nitrogens with one attached hydrogen (secondary N) is 3. The fourth-order valence-corrected chi connectivity index (χ4v) is 8.28. The first kappa shape index (κ1) is 36.0. The van der Waals surface area contributed by atoms with Crippen LogP contribution in [-0.4, -0.2) is 71.3 Å². The lowest BCUT2D eigenvalue weighted by Gasteiger charge is -2.37. The summed E-state index contributed by atoms with van der Waals surface area (Å²) in [5.41, 5.74) is 0.653. The van der Waals surface area contributed by atoms with Gasteiger partial charge in [-0.15, -0.1) is 0 Å². The minimum Gasteiger partial charge on any atom is -0.461 e. The zero-order valence-electron chi connectivity index (χ0n) is 28.5. The van der Waals surface area contributed by atoms with Gasteiger partial charge in [0.25, 0.3) is 0 Å². The second-order valence-electron chi connectivity index (χ2n) is 14.6. The molecule has 0 bridgehead atoms. The van der Waals surface area contributed by atoms with Gasteiger partial charge in [0.05, 0.1) is 17.7 Å². The topological polar surface area (TPSA) is 130 Å². The highest BCUT2D eigenvalue weighted by Crippen LogP contribution is 2.42. The average molecular weight is 689 g/mol. The molecule has 10 nitrogen and oxygen atoms in total. The minimum atomic E-state index is -0.705. The number of amides is 3. The Hall–Kier alpha value is -3.34. The van der Waals surface area contributed by atoms with Crippen molar-refractivity contribution >= 4 is 52.1 Å². The van der Waals surface area contributed by atoms with Gasteiger partial charge in [-0.25, -0.2) is 14.0 Å². The summed E-state index contributed by atoms with van der Waals surface area (Å²) in [4.78, 5) is 57.8. The molecule has 0 radical (unpaired) electrons. The van der Waals surface area contributed by atoms with E-state index in [0.29, 0.717) is 54.7 Å². The number of benzene rings is 1. The van der Waals surface area contributed by atoms with Gasteiger partial charge in [0.2, 0.25) is 11.8 Å². The second-order valence-corrected chi connectivity index (χ2v) is 15.0. The monoisotopic (exact) mass is 688 g/mol. The van der Waals surface area contributed by atoms with E-state index in [1.807, 2.05) is 0 Å². The van der Waals surface area contributed by atoms with Crippen LogP contribution in [0.5, 0.6) is 0 Å². The molecule has 3 fully saturated rings. The van der Waals surface area contributed by atoms with Crippen LogP contribution in [0.1, 0.15) is 102 Å². The molecule has 2 saturated carbocycles. The number of H-pyrrole nitrogens is 1. The summed E-state index contributed by atoms with van der Waals surface area (Å²) in [7, 11) is 0. The number of likely N-dealkylation sites (tertiary alicyclic amines) is 1. The van der Waals surface area contributed by atoms with Crippen molar-refractivity contribution in [2.75, 3.05) is 25.1 Å². The number of carbonyl (C=O) groups is 4. The van der Waals surface area contributed by atoms with Crippen molar-refractivity contribution in [2.24, 2.45) is 23.7 Å². The van der Waals surface area contributed by atoms with Crippen LogP contribution in [0.25, 0.3) is 10.9 Å². The molecule has 0 spiro atoms. The highest BCUT2D eigenvalue weighted by atomic mass is 35.5. The van der Waals surface area contributed by atoms with Crippen LogP contribution in [0.2, 0.25) is 5.02 Å². The van der Waals surface area contributed by atoms with Crippen molar-refractivity contribution in [3.05, 3.63) is 28.9 Å². The Bertz CT molecular complexity index is 1480. The van der Waals surface area contributed by atoms with Crippen LogP contribution in [0, 0.1) is 23.7 Å². The predicted molar refractivity (Wildman–Crippen MR) is 183 cm³/mol. The lowest BCUT2D eigenvalue weighted by atomic mass is 9.76. The van der Waals surface area contributed by atoms with Crippen molar-refractivity contribution in [3.63, 3.8) is 0 Å². The van der Waals surface area contributed by atoms with Gasteiger partial charge in [-0.1, -0.05) is 43.7 Å². The van der Waals surface area contributed by atoms with Crippen LogP contribution in [0.15, 0.2) is 18.2 Å². The molecular formula is C36H50ClFN4O6. The third-order valence-corrected chi connectivity index (χ3v) is 10.7. The van der Waals surface area contributed by atoms with Gasteiger partial charge in [0.15, 0.2) is 0 Å². The molecule has 3 N–H and O–H groups in total. The summed E-state index contributed by atoms with van der Waals surface area (Å²) in [5, 5.41) is 6.58. The molecule has 264 valence electrons. The Balaban J connectivity index is 1.29. The summed E-state index contributed by atoms with van der Waals surface area (Å²) in [6.07, 6.45) is 8.04. The minimum absolute atomic E-state index is 0.0213. The number of halogens is 2. The number of aromatic amines is 1. The summed E-state index contributed by atoms with van der Waals surface area (Å²) in [6.45, 7) is 7.04. The number of hydrogen-bond acceptors (Lipinski definition) is 6. The van der Waals surface area contributed by atoms with E-state index < -0.39 is 36.4 Å². The van der Waals surface area contributed by atoms with E-state index in [-0.39, 0.29) is 46.9 Å². The highest BCUT2D eigenvalue weighted by molar-refractivity contribution is 6.38. The SMILES string of the molecule is CCOC(=O)c1[nH]c2ccc(NC(=O)[C@@H]3[C@H](C4CCCCC4)CCN3C(=O)C3CCC(C(CF)NC(=O)OC(C)(C)C)CC3)cc2c1Cl. The zero-order chi connectivity index (χ0) is 34.6. The maximum Gasteiger partial charge on any atom is 0.407 e. The summed E-state index contributed by atoms with van der Waals surface area (Å²) < 4.78 is 24.5. The third kappa shape index (κ3) is 8.26. The molecule has 1 unspecified atom stereocenters. The van der Waals surface area contributed by atoms with Gasteiger partial charge < -0.3 is 30.0 Å². The van der Waals surface area contributed by atoms with Crippen LogP contribution in [0.3, 0.4) is 0 Å². The van der Waals surface area contributed by atoms with Crippen LogP contribution >= 0.6 is 11.6 Å². The summed E-state index contributed by atoms with van der Waals surface area (Å²) in [5.74, 6) is -0.713. The molecule has 5 rings (SSSR count). The lowest BCUT2D eigenvalue weighted by molar-refractivity contribution is -0.142. The number of aromatic nitrogens is 1. The molecule has 3 atom stereocenters. The number of ether oxygens (including phenoxy) is 2. The van der Waals surface area contributed by atoms with E-state index in [0.717, 1.165) is 32.1 Å². The van der Waals surface area contributed by atoms with Crippen molar-refractivity contribution in [2.45, 2.75) is 110 Å². The Kier molecular flexibility index (Phi) is 11.6. The lowest BCUT2D eigenvalue weighted by Crippen LogP contribution is -2.50. The highest BCUT2D eigenvalue weighted by Gasteiger charge is 2.47. The molecule has 48 heavy (non-hydrogen) atoms.